The minimum absolute atomic E-state index is 0. The predicted octanol–water partition coefficient (Wildman–Crippen LogP) is 1.37. The Hall–Kier alpha value is -1.14. The highest BCUT2D eigenvalue weighted by Gasteiger charge is 2.18. The maximum atomic E-state index is 11.8. The molecule has 0 radical (unpaired) electrons. The van der Waals surface area contributed by atoms with Crippen molar-refractivity contribution in [3.05, 3.63) is 11.7 Å². The number of carbonyl (C=O) groups is 1. The Balaban J connectivity index is 0.00000180. The molecule has 1 aliphatic heterocycles. The first kappa shape index (κ1) is 15.9. The number of amides is 1. The van der Waals surface area contributed by atoms with E-state index in [-0.39, 0.29) is 24.4 Å². The summed E-state index contributed by atoms with van der Waals surface area (Å²) in [5.41, 5.74) is 0. The molecule has 0 spiro atoms. The van der Waals surface area contributed by atoms with Gasteiger partial charge in [-0.1, -0.05) is 5.16 Å². The summed E-state index contributed by atoms with van der Waals surface area (Å²) in [4.78, 5) is 15.9. The molecule has 2 unspecified atom stereocenters. The van der Waals surface area contributed by atoms with Crippen LogP contribution in [0, 0.1) is 12.8 Å². The molecule has 0 saturated carbocycles. The van der Waals surface area contributed by atoms with Crippen LogP contribution in [0.5, 0.6) is 0 Å². The molecule has 6 nitrogen and oxygen atoms in total. The van der Waals surface area contributed by atoms with Crippen LogP contribution in [0.3, 0.4) is 0 Å². The molecule has 2 heterocycles. The van der Waals surface area contributed by atoms with Crippen molar-refractivity contribution in [1.82, 2.24) is 20.8 Å². The molecule has 108 valence electrons. The Kier molecular flexibility index (Phi) is 6.24. The fourth-order valence-electron chi connectivity index (χ4n) is 2.16. The molecule has 0 aliphatic carbocycles. The molecule has 1 saturated heterocycles. The van der Waals surface area contributed by atoms with E-state index in [0.29, 0.717) is 24.1 Å². The van der Waals surface area contributed by atoms with Gasteiger partial charge in [-0.2, -0.15) is 4.98 Å². The lowest BCUT2D eigenvalue weighted by atomic mass is 10.0. The van der Waals surface area contributed by atoms with Crippen LogP contribution in [0.1, 0.15) is 43.9 Å². The third-order valence-electron chi connectivity index (χ3n) is 3.23. The van der Waals surface area contributed by atoms with E-state index in [1.807, 2.05) is 6.92 Å². The maximum Gasteiger partial charge on any atom is 0.248 e. The van der Waals surface area contributed by atoms with Crippen molar-refractivity contribution in [2.75, 3.05) is 13.1 Å². The van der Waals surface area contributed by atoms with Crippen LogP contribution in [0.25, 0.3) is 0 Å². The molecule has 2 rings (SSSR count). The molecule has 1 aliphatic rings. The molecule has 7 heteroatoms. The number of hydrogen-bond donors (Lipinski definition) is 2. The van der Waals surface area contributed by atoms with Gasteiger partial charge in [0.15, 0.2) is 5.82 Å². The largest absolute Gasteiger partial charge is 0.345 e. The van der Waals surface area contributed by atoms with E-state index < -0.39 is 0 Å². The van der Waals surface area contributed by atoms with E-state index in [1.54, 1.807) is 6.92 Å². The summed E-state index contributed by atoms with van der Waals surface area (Å²) in [6.45, 7) is 5.71. The Morgan fingerprint density at radius 3 is 3.00 bits per heavy atom. The average Bonchev–Trinajstić information content (AvgIpc) is 2.97. The predicted molar refractivity (Wildman–Crippen MR) is 73.1 cm³/mol. The van der Waals surface area contributed by atoms with Crippen LogP contribution >= 0.6 is 12.4 Å². The number of aryl methyl sites for hydroxylation is 1. The molecular formula is C12H21ClN4O2. The molecular weight excluding hydrogens is 268 g/mol. The molecule has 1 aromatic heterocycles. The molecule has 0 aromatic carbocycles. The van der Waals surface area contributed by atoms with Gasteiger partial charge in [0, 0.05) is 6.42 Å². The van der Waals surface area contributed by atoms with Crippen molar-refractivity contribution in [2.24, 2.45) is 5.92 Å². The van der Waals surface area contributed by atoms with Gasteiger partial charge >= 0.3 is 0 Å². The van der Waals surface area contributed by atoms with E-state index in [9.17, 15) is 4.79 Å². The molecule has 1 aromatic rings. The van der Waals surface area contributed by atoms with Crippen molar-refractivity contribution in [1.29, 1.82) is 0 Å². The minimum Gasteiger partial charge on any atom is -0.345 e. The average molecular weight is 289 g/mol. The summed E-state index contributed by atoms with van der Waals surface area (Å²) in [6, 6.07) is -0.222. The maximum absolute atomic E-state index is 11.8. The number of rotatable bonds is 5. The first-order chi connectivity index (χ1) is 8.65. The molecule has 2 atom stereocenters. The quantitative estimate of drug-likeness (QED) is 0.855. The van der Waals surface area contributed by atoms with Crippen molar-refractivity contribution in [3.8, 4) is 0 Å². The molecule has 19 heavy (non-hydrogen) atoms. The summed E-state index contributed by atoms with van der Waals surface area (Å²) >= 11 is 0. The molecule has 2 N–H and O–H groups in total. The summed E-state index contributed by atoms with van der Waals surface area (Å²) in [7, 11) is 0. The van der Waals surface area contributed by atoms with Gasteiger partial charge < -0.3 is 15.2 Å². The first-order valence-electron chi connectivity index (χ1n) is 6.45. The standard InChI is InChI=1S/C12H20N4O2.ClH/c1-8(12-15-9(2)16-18-12)14-11(17)4-3-10-5-6-13-7-10;/h8,10,13H,3-7H2,1-2H3,(H,14,17);1H. The lowest BCUT2D eigenvalue weighted by Crippen LogP contribution is -2.27. The Morgan fingerprint density at radius 2 is 2.42 bits per heavy atom. The van der Waals surface area contributed by atoms with E-state index in [0.717, 1.165) is 19.5 Å². The lowest BCUT2D eigenvalue weighted by Gasteiger charge is -2.11. The van der Waals surface area contributed by atoms with Gasteiger partial charge in [-0.25, -0.2) is 0 Å². The monoisotopic (exact) mass is 288 g/mol. The van der Waals surface area contributed by atoms with Crippen molar-refractivity contribution < 1.29 is 9.32 Å². The number of hydrogen-bond acceptors (Lipinski definition) is 5. The number of nitrogens with zero attached hydrogens (tertiary/aromatic N) is 2. The van der Waals surface area contributed by atoms with Crippen LogP contribution in [-0.4, -0.2) is 29.1 Å². The summed E-state index contributed by atoms with van der Waals surface area (Å²) in [6.07, 6.45) is 2.67. The molecule has 0 bridgehead atoms. The Bertz CT molecular complexity index is 404. The topological polar surface area (TPSA) is 80.0 Å². The number of nitrogens with one attached hydrogen (secondary N) is 2. The van der Waals surface area contributed by atoms with Crippen LogP contribution in [0.2, 0.25) is 0 Å². The second-order valence-electron chi connectivity index (χ2n) is 4.87. The summed E-state index contributed by atoms with van der Waals surface area (Å²) in [5.74, 6) is 1.73. The highest BCUT2D eigenvalue weighted by molar-refractivity contribution is 5.85. The van der Waals surface area contributed by atoms with Crippen LogP contribution in [-0.2, 0) is 4.79 Å². The number of carbonyl (C=O) groups excluding carboxylic acids is 1. The zero-order chi connectivity index (χ0) is 13.0. The van der Waals surface area contributed by atoms with Gasteiger partial charge in [-0.15, -0.1) is 12.4 Å². The fourth-order valence-corrected chi connectivity index (χ4v) is 2.16. The SMILES string of the molecule is Cc1noc(C(C)NC(=O)CCC2CCNC2)n1.Cl. The Morgan fingerprint density at radius 1 is 1.63 bits per heavy atom. The molecule has 1 amide bonds. The normalized spacial score (nSPS) is 19.8. The van der Waals surface area contributed by atoms with Gasteiger partial charge in [-0.3, -0.25) is 4.79 Å². The molecule has 1 fully saturated rings. The lowest BCUT2D eigenvalue weighted by molar-refractivity contribution is -0.122. The fraction of sp³-hybridized carbons (Fsp3) is 0.750. The van der Waals surface area contributed by atoms with Gasteiger partial charge in [-0.05, 0) is 45.7 Å². The van der Waals surface area contributed by atoms with E-state index in [2.05, 4.69) is 20.8 Å². The van der Waals surface area contributed by atoms with E-state index in [4.69, 9.17) is 4.52 Å². The van der Waals surface area contributed by atoms with E-state index >= 15 is 0 Å². The second kappa shape index (κ2) is 7.45. The number of aromatic nitrogens is 2. The Labute approximate surface area is 119 Å². The smallest absolute Gasteiger partial charge is 0.248 e. The van der Waals surface area contributed by atoms with E-state index in [1.165, 1.54) is 6.42 Å². The van der Waals surface area contributed by atoms with Crippen molar-refractivity contribution in [2.45, 2.75) is 39.2 Å². The van der Waals surface area contributed by atoms with Crippen molar-refractivity contribution in [3.63, 3.8) is 0 Å². The third-order valence-corrected chi connectivity index (χ3v) is 3.23. The van der Waals surface area contributed by atoms with Crippen LogP contribution < -0.4 is 10.6 Å². The highest BCUT2D eigenvalue weighted by atomic mass is 35.5. The zero-order valence-corrected chi connectivity index (χ0v) is 12.1. The van der Waals surface area contributed by atoms with Gasteiger partial charge in [0.1, 0.15) is 6.04 Å². The van der Waals surface area contributed by atoms with Gasteiger partial charge in [0.05, 0.1) is 0 Å². The van der Waals surface area contributed by atoms with Crippen LogP contribution in [0.15, 0.2) is 4.52 Å². The summed E-state index contributed by atoms with van der Waals surface area (Å²) < 4.78 is 5.02. The van der Waals surface area contributed by atoms with Crippen molar-refractivity contribution >= 4 is 18.3 Å². The van der Waals surface area contributed by atoms with Gasteiger partial charge in [0.2, 0.25) is 11.8 Å². The van der Waals surface area contributed by atoms with Gasteiger partial charge in [0.25, 0.3) is 0 Å². The zero-order valence-electron chi connectivity index (χ0n) is 11.3. The van der Waals surface area contributed by atoms with Crippen LogP contribution in [0.4, 0.5) is 0 Å². The number of halogens is 1. The third kappa shape index (κ3) is 4.80. The first-order valence-corrected chi connectivity index (χ1v) is 6.45. The minimum atomic E-state index is -0.222. The summed E-state index contributed by atoms with van der Waals surface area (Å²) in [5, 5.41) is 9.89. The second-order valence-corrected chi connectivity index (χ2v) is 4.87. The highest BCUT2D eigenvalue weighted by Crippen LogP contribution is 2.15.